The molecule has 1 atom stereocenters. The van der Waals surface area contributed by atoms with Gasteiger partial charge in [-0.2, -0.15) is 0 Å². The number of hydrogen-bond donors (Lipinski definition) is 1. The van der Waals surface area contributed by atoms with Crippen LogP contribution < -0.4 is 5.32 Å². The second kappa shape index (κ2) is 7.32. The van der Waals surface area contributed by atoms with E-state index in [9.17, 15) is 4.79 Å². The normalized spacial score (nSPS) is 22.5. The van der Waals surface area contributed by atoms with E-state index >= 15 is 0 Å². The van der Waals surface area contributed by atoms with Crippen LogP contribution in [-0.4, -0.2) is 23.4 Å². The summed E-state index contributed by atoms with van der Waals surface area (Å²) < 4.78 is 0. The third-order valence-corrected chi connectivity index (χ3v) is 7.72. The van der Waals surface area contributed by atoms with Crippen LogP contribution in [0.4, 0.5) is 5.69 Å². The summed E-state index contributed by atoms with van der Waals surface area (Å²) in [6.45, 7) is 2.93. The van der Waals surface area contributed by atoms with E-state index in [-0.39, 0.29) is 11.2 Å². The van der Waals surface area contributed by atoms with E-state index in [2.05, 4.69) is 59.6 Å². The van der Waals surface area contributed by atoms with Gasteiger partial charge in [-0.05, 0) is 48.6 Å². The van der Waals surface area contributed by atoms with Gasteiger partial charge < -0.3 is 10.2 Å². The molecule has 2 aliphatic heterocycles. The number of hydrogen-bond acceptors (Lipinski definition) is 3. The summed E-state index contributed by atoms with van der Waals surface area (Å²) in [7, 11) is 0. The van der Waals surface area contributed by atoms with Crippen LogP contribution >= 0.6 is 11.8 Å². The molecule has 0 bridgehead atoms. The van der Waals surface area contributed by atoms with E-state index in [0.29, 0.717) is 6.04 Å². The molecule has 1 saturated carbocycles. The molecule has 2 aromatic rings. The number of benzene rings is 2. The van der Waals surface area contributed by atoms with E-state index in [1.807, 2.05) is 17.8 Å². The van der Waals surface area contributed by atoms with Gasteiger partial charge >= 0.3 is 0 Å². The molecule has 1 N–H and O–H groups in total. The monoisotopic (exact) mass is 390 g/mol. The fourth-order valence-electron chi connectivity index (χ4n) is 4.79. The van der Waals surface area contributed by atoms with Gasteiger partial charge in [0.15, 0.2) is 0 Å². The van der Waals surface area contributed by atoms with Crippen LogP contribution in [-0.2, 0) is 4.79 Å². The van der Waals surface area contributed by atoms with Gasteiger partial charge in [-0.25, -0.2) is 0 Å². The van der Waals surface area contributed by atoms with Gasteiger partial charge in [0, 0.05) is 17.5 Å². The summed E-state index contributed by atoms with van der Waals surface area (Å²) in [5.41, 5.74) is 5.71. The topological polar surface area (TPSA) is 32.3 Å². The molecule has 1 unspecified atom stereocenters. The van der Waals surface area contributed by atoms with E-state index in [0.717, 1.165) is 30.8 Å². The maximum absolute atomic E-state index is 13.5. The van der Waals surface area contributed by atoms with Crippen molar-refractivity contribution >= 4 is 23.4 Å². The van der Waals surface area contributed by atoms with Gasteiger partial charge in [0.25, 0.3) is 5.91 Å². The molecule has 0 radical (unpaired) electrons. The lowest BCUT2D eigenvalue weighted by molar-refractivity contribution is -0.127. The molecule has 28 heavy (non-hydrogen) atoms. The molecule has 5 rings (SSSR count). The molecule has 1 fully saturated rings. The SMILES string of the molecule is Cc1ccccc1C1Sc2ccccc2NC2=C1CN(C1CCCCC1)C2=O. The highest BCUT2D eigenvalue weighted by Crippen LogP contribution is 2.50. The third kappa shape index (κ3) is 3.04. The Kier molecular flexibility index (Phi) is 4.67. The Morgan fingerprint density at radius 2 is 1.75 bits per heavy atom. The van der Waals surface area contributed by atoms with Crippen LogP contribution in [0.3, 0.4) is 0 Å². The number of aryl methyl sites for hydroxylation is 1. The first-order valence-electron chi connectivity index (χ1n) is 10.3. The molecule has 0 aromatic heterocycles. The Morgan fingerprint density at radius 1 is 1.00 bits per heavy atom. The Hall–Kier alpha value is -2.20. The highest BCUT2D eigenvalue weighted by Gasteiger charge is 2.40. The summed E-state index contributed by atoms with van der Waals surface area (Å²) in [4.78, 5) is 16.8. The summed E-state index contributed by atoms with van der Waals surface area (Å²) >= 11 is 1.87. The van der Waals surface area contributed by atoms with Gasteiger partial charge in [0.2, 0.25) is 0 Å². The van der Waals surface area contributed by atoms with Crippen molar-refractivity contribution in [3.8, 4) is 0 Å². The average molecular weight is 391 g/mol. The molecule has 1 aliphatic carbocycles. The molecule has 2 aromatic carbocycles. The van der Waals surface area contributed by atoms with E-state index in [1.54, 1.807) is 0 Å². The highest BCUT2D eigenvalue weighted by molar-refractivity contribution is 8.00. The third-order valence-electron chi connectivity index (χ3n) is 6.33. The number of fused-ring (bicyclic) bond motifs is 1. The number of anilines is 1. The molecule has 0 saturated heterocycles. The fraction of sp³-hybridized carbons (Fsp3) is 0.375. The molecular weight excluding hydrogens is 364 g/mol. The Bertz CT molecular complexity index is 945. The van der Waals surface area contributed by atoms with Crippen LogP contribution in [0.1, 0.15) is 48.5 Å². The zero-order valence-electron chi connectivity index (χ0n) is 16.3. The average Bonchev–Trinajstić information content (AvgIpc) is 2.95. The number of rotatable bonds is 2. The summed E-state index contributed by atoms with van der Waals surface area (Å²) in [6.07, 6.45) is 6.08. The maximum atomic E-state index is 13.5. The number of carbonyl (C=O) groups is 1. The zero-order chi connectivity index (χ0) is 19.1. The highest BCUT2D eigenvalue weighted by atomic mass is 32.2. The Balaban J connectivity index is 1.58. The van der Waals surface area contributed by atoms with Crippen molar-refractivity contribution in [1.29, 1.82) is 0 Å². The number of para-hydroxylation sites is 1. The molecule has 3 aliphatic rings. The van der Waals surface area contributed by atoms with E-state index in [4.69, 9.17) is 0 Å². The van der Waals surface area contributed by atoms with Crippen molar-refractivity contribution in [2.45, 2.75) is 55.2 Å². The molecule has 0 spiro atoms. The number of carbonyl (C=O) groups excluding carboxylic acids is 1. The predicted molar refractivity (Wildman–Crippen MR) is 115 cm³/mol. The lowest BCUT2D eigenvalue weighted by Gasteiger charge is -2.32. The summed E-state index contributed by atoms with van der Waals surface area (Å²) in [5, 5.41) is 3.70. The van der Waals surface area contributed by atoms with Crippen molar-refractivity contribution in [2.24, 2.45) is 0 Å². The fourth-order valence-corrected chi connectivity index (χ4v) is 6.17. The van der Waals surface area contributed by atoms with Crippen molar-refractivity contribution < 1.29 is 4.79 Å². The van der Waals surface area contributed by atoms with Gasteiger partial charge in [-0.3, -0.25) is 4.79 Å². The van der Waals surface area contributed by atoms with Crippen molar-refractivity contribution in [3.05, 3.63) is 70.9 Å². The smallest absolute Gasteiger partial charge is 0.270 e. The van der Waals surface area contributed by atoms with Crippen LogP contribution in [0.5, 0.6) is 0 Å². The Morgan fingerprint density at radius 3 is 2.57 bits per heavy atom. The quantitative estimate of drug-likeness (QED) is 0.716. The van der Waals surface area contributed by atoms with Crippen LogP contribution in [0.2, 0.25) is 0 Å². The molecule has 1 amide bonds. The van der Waals surface area contributed by atoms with E-state index in [1.165, 1.54) is 40.9 Å². The lowest BCUT2D eigenvalue weighted by Crippen LogP contribution is -2.39. The second-order valence-corrected chi connectivity index (χ2v) is 9.25. The zero-order valence-corrected chi connectivity index (χ0v) is 17.1. The predicted octanol–water partition coefficient (Wildman–Crippen LogP) is 5.68. The minimum absolute atomic E-state index is 0.171. The molecule has 144 valence electrons. The Labute approximate surface area is 171 Å². The standard InChI is InChI=1S/C24H26N2OS/c1-16-9-5-6-12-18(16)23-19-15-26(17-10-3-2-4-11-17)24(27)22(19)25-20-13-7-8-14-21(20)28-23/h5-9,12-14,17,23,25H,2-4,10-11,15H2,1H3. The van der Waals surface area contributed by atoms with Gasteiger partial charge in [0.1, 0.15) is 5.70 Å². The molecule has 2 heterocycles. The first-order chi connectivity index (χ1) is 13.7. The van der Waals surface area contributed by atoms with Gasteiger partial charge in [-0.15, -0.1) is 11.8 Å². The number of nitrogens with zero attached hydrogens (tertiary/aromatic N) is 1. The lowest BCUT2D eigenvalue weighted by atomic mass is 9.94. The van der Waals surface area contributed by atoms with E-state index < -0.39 is 0 Å². The number of amides is 1. The van der Waals surface area contributed by atoms with Crippen molar-refractivity contribution in [2.75, 3.05) is 11.9 Å². The van der Waals surface area contributed by atoms with Crippen molar-refractivity contribution in [1.82, 2.24) is 4.90 Å². The minimum atomic E-state index is 0.171. The largest absolute Gasteiger partial charge is 0.350 e. The molecule has 4 heteroatoms. The minimum Gasteiger partial charge on any atom is -0.350 e. The van der Waals surface area contributed by atoms with Crippen molar-refractivity contribution in [3.63, 3.8) is 0 Å². The van der Waals surface area contributed by atoms with Crippen LogP contribution in [0, 0.1) is 6.92 Å². The van der Waals surface area contributed by atoms with Crippen LogP contribution in [0.15, 0.2) is 64.7 Å². The first kappa shape index (κ1) is 17.9. The molecular formula is C24H26N2OS. The van der Waals surface area contributed by atoms with Gasteiger partial charge in [-0.1, -0.05) is 55.7 Å². The second-order valence-electron chi connectivity index (χ2n) is 8.10. The van der Waals surface area contributed by atoms with Gasteiger partial charge in [0.05, 0.1) is 10.9 Å². The number of thioether (sulfide) groups is 1. The summed E-state index contributed by atoms with van der Waals surface area (Å²) in [6, 6.07) is 17.4. The first-order valence-corrected chi connectivity index (χ1v) is 11.2. The maximum Gasteiger partial charge on any atom is 0.270 e. The molecule has 3 nitrogen and oxygen atoms in total. The number of nitrogens with one attached hydrogen (secondary N) is 1. The summed E-state index contributed by atoms with van der Waals surface area (Å²) in [5.74, 6) is 0.192. The van der Waals surface area contributed by atoms with Crippen LogP contribution in [0.25, 0.3) is 0 Å².